The zero-order valence-corrected chi connectivity index (χ0v) is 13.4. The minimum Gasteiger partial charge on any atom is -0.437 e. The van der Waals surface area contributed by atoms with E-state index in [-0.39, 0.29) is 21.9 Å². The molecule has 0 aliphatic carbocycles. The zero-order chi connectivity index (χ0) is 15.0. The van der Waals surface area contributed by atoms with Crippen molar-refractivity contribution in [2.45, 2.75) is 0 Å². The van der Waals surface area contributed by atoms with Gasteiger partial charge in [0.25, 0.3) is 0 Å². The Hall–Kier alpha value is -1.43. The summed E-state index contributed by atoms with van der Waals surface area (Å²) in [5, 5.41) is 0.721. The summed E-state index contributed by atoms with van der Waals surface area (Å²) >= 11 is 14.8. The second kappa shape index (κ2) is 5.75. The van der Waals surface area contributed by atoms with Crippen molar-refractivity contribution in [2.24, 2.45) is 0 Å². The second-order valence-electron chi connectivity index (χ2n) is 4.11. The molecule has 0 fully saturated rings. The fourth-order valence-corrected chi connectivity index (χ4v) is 2.67. The molecule has 0 aliphatic heterocycles. The molecule has 0 unspecified atom stereocenters. The normalized spacial score (nSPS) is 10.9. The van der Waals surface area contributed by atoms with Gasteiger partial charge in [-0.1, -0.05) is 23.7 Å². The summed E-state index contributed by atoms with van der Waals surface area (Å²) in [5.41, 5.74) is 0.637. The Morgan fingerprint density at radius 2 is 1.86 bits per heavy atom. The van der Waals surface area contributed by atoms with Gasteiger partial charge in [-0.3, -0.25) is 0 Å². The summed E-state index contributed by atoms with van der Waals surface area (Å²) in [5.74, 6) is -0.0934. The number of para-hydroxylation sites is 1. The molecule has 3 aromatic rings. The first-order chi connectivity index (χ1) is 10.0. The number of aromatic nitrogens is 2. The Kier molecular flexibility index (Phi) is 3.97. The molecule has 0 N–H and O–H groups in total. The molecule has 1 heterocycles. The van der Waals surface area contributed by atoms with E-state index in [2.05, 4.69) is 25.9 Å². The lowest BCUT2D eigenvalue weighted by atomic mass is 10.2. The maximum atomic E-state index is 13.6. The van der Waals surface area contributed by atoms with Gasteiger partial charge < -0.3 is 4.74 Å². The van der Waals surface area contributed by atoms with E-state index >= 15 is 0 Å². The third-order valence-electron chi connectivity index (χ3n) is 2.72. The maximum Gasteiger partial charge on any atom is 0.231 e. The number of rotatable bonds is 2. The Labute approximate surface area is 137 Å². The second-order valence-corrected chi connectivity index (χ2v) is 5.71. The molecule has 2 aromatic carbocycles. The fourth-order valence-electron chi connectivity index (χ4n) is 1.78. The highest BCUT2D eigenvalue weighted by atomic mass is 79.9. The topological polar surface area (TPSA) is 35.0 Å². The lowest BCUT2D eigenvalue weighted by Crippen LogP contribution is -1.94. The lowest BCUT2D eigenvalue weighted by molar-refractivity contribution is 0.460. The molecule has 0 atom stereocenters. The van der Waals surface area contributed by atoms with E-state index in [9.17, 15) is 4.39 Å². The Balaban J connectivity index is 2.12. The Bertz CT molecular complexity index is 845. The monoisotopic (exact) mass is 386 g/mol. The molecule has 0 amide bonds. The molecule has 3 nitrogen and oxygen atoms in total. The number of benzene rings is 2. The standard InChI is InChI=1S/C14H6BrCl2FN2O/c15-8-5-9(16)10(18)6-12(8)21-13-7-3-1-2-4-11(7)19-14(17)20-13/h1-6H. The smallest absolute Gasteiger partial charge is 0.231 e. The van der Waals surface area contributed by atoms with Crippen LogP contribution < -0.4 is 4.74 Å². The number of hydrogen-bond acceptors (Lipinski definition) is 3. The van der Waals surface area contributed by atoms with Crippen LogP contribution in [0, 0.1) is 5.82 Å². The molecule has 0 bridgehead atoms. The van der Waals surface area contributed by atoms with E-state index in [0.29, 0.717) is 15.4 Å². The average Bonchev–Trinajstić information content (AvgIpc) is 2.44. The van der Waals surface area contributed by atoms with Gasteiger partial charge in [0.2, 0.25) is 11.2 Å². The van der Waals surface area contributed by atoms with Crippen LogP contribution in [-0.4, -0.2) is 9.97 Å². The van der Waals surface area contributed by atoms with Crippen LogP contribution >= 0.6 is 39.1 Å². The quantitative estimate of drug-likeness (QED) is 0.422. The van der Waals surface area contributed by atoms with Crippen molar-refractivity contribution in [1.29, 1.82) is 0 Å². The highest BCUT2D eigenvalue weighted by Crippen LogP contribution is 2.35. The molecule has 0 spiro atoms. The Morgan fingerprint density at radius 3 is 2.67 bits per heavy atom. The van der Waals surface area contributed by atoms with Crippen LogP contribution in [0.2, 0.25) is 10.3 Å². The van der Waals surface area contributed by atoms with Crippen molar-refractivity contribution < 1.29 is 9.13 Å². The number of nitrogens with zero attached hydrogens (tertiary/aromatic N) is 2. The summed E-state index contributed by atoms with van der Waals surface area (Å²) < 4.78 is 19.7. The molecule has 0 saturated carbocycles. The van der Waals surface area contributed by atoms with Crippen LogP contribution in [-0.2, 0) is 0 Å². The first-order valence-corrected chi connectivity index (χ1v) is 7.34. The molecule has 1 aromatic heterocycles. The van der Waals surface area contributed by atoms with E-state index in [4.69, 9.17) is 27.9 Å². The van der Waals surface area contributed by atoms with Crippen LogP contribution in [0.25, 0.3) is 10.9 Å². The molecular weight excluding hydrogens is 382 g/mol. The van der Waals surface area contributed by atoms with Crippen molar-refractivity contribution in [3.05, 3.63) is 57.0 Å². The van der Waals surface area contributed by atoms with E-state index in [1.54, 1.807) is 12.1 Å². The molecule has 0 aliphatic rings. The molecule has 21 heavy (non-hydrogen) atoms. The predicted molar refractivity (Wildman–Crippen MR) is 83.7 cm³/mol. The van der Waals surface area contributed by atoms with Crippen molar-refractivity contribution in [3.63, 3.8) is 0 Å². The van der Waals surface area contributed by atoms with Gasteiger partial charge in [-0.15, -0.1) is 0 Å². The zero-order valence-electron chi connectivity index (χ0n) is 10.3. The number of hydrogen-bond donors (Lipinski definition) is 0. The van der Waals surface area contributed by atoms with Crippen molar-refractivity contribution in [1.82, 2.24) is 9.97 Å². The number of ether oxygens (including phenoxy) is 1. The first-order valence-electron chi connectivity index (χ1n) is 5.79. The van der Waals surface area contributed by atoms with Gasteiger partial charge in [-0.05, 0) is 45.7 Å². The van der Waals surface area contributed by atoms with Crippen molar-refractivity contribution in [2.75, 3.05) is 0 Å². The summed E-state index contributed by atoms with van der Waals surface area (Å²) in [6.07, 6.45) is 0. The largest absolute Gasteiger partial charge is 0.437 e. The van der Waals surface area contributed by atoms with Crippen LogP contribution in [0.3, 0.4) is 0 Å². The number of halogens is 4. The Morgan fingerprint density at radius 1 is 1.10 bits per heavy atom. The SMILES string of the molecule is Fc1cc(Oc2nc(Cl)nc3ccccc23)c(Br)cc1Cl. The first kappa shape index (κ1) is 14.5. The van der Waals surface area contributed by atoms with E-state index in [1.165, 1.54) is 12.1 Å². The van der Waals surface area contributed by atoms with Gasteiger partial charge in [-0.2, -0.15) is 4.98 Å². The van der Waals surface area contributed by atoms with E-state index in [0.717, 1.165) is 0 Å². The van der Waals surface area contributed by atoms with Crippen molar-refractivity contribution >= 4 is 50.0 Å². The minimum absolute atomic E-state index is 0.000182. The maximum absolute atomic E-state index is 13.6. The van der Waals surface area contributed by atoms with E-state index < -0.39 is 5.82 Å². The van der Waals surface area contributed by atoms with E-state index in [1.807, 2.05) is 12.1 Å². The summed E-state index contributed by atoms with van der Waals surface area (Å²) in [6, 6.07) is 9.82. The van der Waals surface area contributed by atoms with Crippen LogP contribution in [0.15, 0.2) is 40.9 Å². The highest BCUT2D eigenvalue weighted by Gasteiger charge is 2.13. The fraction of sp³-hybridized carbons (Fsp3) is 0. The van der Waals surface area contributed by atoms with Crippen LogP contribution in [0.1, 0.15) is 0 Å². The number of fused-ring (bicyclic) bond motifs is 1. The van der Waals surface area contributed by atoms with Gasteiger partial charge in [0.05, 0.1) is 20.4 Å². The van der Waals surface area contributed by atoms with Gasteiger partial charge in [0.15, 0.2) is 0 Å². The van der Waals surface area contributed by atoms with Crippen LogP contribution in [0.5, 0.6) is 11.6 Å². The molecule has 3 rings (SSSR count). The van der Waals surface area contributed by atoms with Gasteiger partial charge in [0.1, 0.15) is 11.6 Å². The van der Waals surface area contributed by atoms with Crippen molar-refractivity contribution in [3.8, 4) is 11.6 Å². The molecule has 0 saturated heterocycles. The molecule has 7 heteroatoms. The third kappa shape index (κ3) is 2.95. The third-order valence-corrected chi connectivity index (χ3v) is 3.80. The molecule has 0 radical (unpaired) electrons. The molecule has 106 valence electrons. The van der Waals surface area contributed by atoms with Crippen LogP contribution in [0.4, 0.5) is 4.39 Å². The van der Waals surface area contributed by atoms with Gasteiger partial charge in [-0.25, -0.2) is 9.37 Å². The average molecular weight is 388 g/mol. The minimum atomic E-state index is -0.584. The van der Waals surface area contributed by atoms with Gasteiger partial charge in [0, 0.05) is 6.07 Å². The predicted octanol–water partition coefficient (Wildman–Crippen LogP) is 5.63. The summed E-state index contributed by atoms with van der Waals surface area (Å²) in [4.78, 5) is 8.15. The van der Waals surface area contributed by atoms with Gasteiger partial charge >= 0.3 is 0 Å². The summed E-state index contributed by atoms with van der Waals surface area (Å²) in [6.45, 7) is 0. The highest BCUT2D eigenvalue weighted by molar-refractivity contribution is 9.10. The molecular formula is C14H6BrCl2FN2O. The summed E-state index contributed by atoms with van der Waals surface area (Å²) in [7, 11) is 0. The lowest BCUT2D eigenvalue weighted by Gasteiger charge is -2.10.